The highest BCUT2D eigenvalue weighted by Gasteiger charge is 2.14. The summed E-state index contributed by atoms with van der Waals surface area (Å²) in [4.78, 5) is 32.0. The fourth-order valence-corrected chi connectivity index (χ4v) is 4.61. The van der Waals surface area contributed by atoms with Gasteiger partial charge in [0.15, 0.2) is 0 Å². The van der Waals surface area contributed by atoms with E-state index >= 15 is 0 Å². The molecule has 1 aromatic heterocycles. The number of hydrogen-bond acceptors (Lipinski definition) is 3. The lowest BCUT2D eigenvalue weighted by Crippen LogP contribution is -2.31. The summed E-state index contributed by atoms with van der Waals surface area (Å²) in [6.07, 6.45) is 0. The van der Waals surface area contributed by atoms with E-state index in [0.717, 1.165) is 27.3 Å². The number of benzene rings is 3. The maximum Gasteiger partial charge on any atom is 0.279 e. The Hall–Kier alpha value is -3.57. The van der Waals surface area contributed by atoms with Crippen molar-refractivity contribution in [2.75, 3.05) is 0 Å². The average molecular weight is 441 g/mol. The Morgan fingerprint density at radius 2 is 1.62 bits per heavy atom. The van der Waals surface area contributed by atoms with Crippen LogP contribution in [0.3, 0.4) is 0 Å². The summed E-state index contributed by atoms with van der Waals surface area (Å²) in [7, 11) is 0. The number of aryl methyl sites for hydroxylation is 1. The monoisotopic (exact) mass is 440 g/mol. The van der Waals surface area contributed by atoms with Crippen LogP contribution in [0.25, 0.3) is 16.1 Å². The van der Waals surface area contributed by atoms with Gasteiger partial charge in [-0.25, -0.2) is 0 Å². The van der Waals surface area contributed by atoms with Crippen LogP contribution in [0.15, 0.2) is 94.7 Å². The molecule has 4 aromatic rings. The van der Waals surface area contributed by atoms with Crippen LogP contribution in [0.5, 0.6) is 0 Å². The Balaban J connectivity index is 2.00. The van der Waals surface area contributed by atoms with Crippen molar-refractivity contribution < 1.29 is 4.79 Å². The van der Waals surface area contributed by atoms with E-state index < -0.39 is 0 Å². The van der Waals surface area contributed by atoms with E-state index in [9.17, 15) is 9.59 Å². The number of aromatic nitrogens is 1. The second-order valence-corrected chi connectivity index (χ2v) is 8.94. The summed E-state index contributed by atoms with van der Waals surface area (Å²) in [5.41, 5.74) is 3.95. The molecule has 1 amide bonds. The summed E-state index contributed by atoms with van der Waals surface area (Å²) < 4.78 is 1.56. The van der Waals surface area contributed by atoms with Crippen LogP contribution in [0, 0.1) is 6.92 Å². The third kappa shape index (κ3) is 4.53. The molecule has 5 heteroatoms. The second-order valence-electron chi connectivity index (χ2n) is 7.93. The molecule has 4 rings (SSSR count). The van der Waals surface area contributed by atoms with Gasteiger partial charge < -0.3 is 0 Å². The van der Waals surface area contributed by atoms with Crippen molar-refractivity contribution in [1.29, 1.82) is 0 Å². The Morgan fingerprint density at radius 1 is 0.906 bits per heavy atom. The SMILES string of the molecule is Cc1cccc(C(=O)/N=c2\sc(-c3ccccc3)cc(=O)n2-c2ccccc2C(C)C)c1. The van der Waals surface area contributed by atoms with Crippen LogP contribution in [0.1, 0.15) is 41.3 Å². The molecule has 32 heavy (non-hydrogen) atoms. The van der Waals surface area contributed by atoms with E-state index in [1.807, 2.05) is 79.7 Å². The number of carbonyl (C=O) groups excluding carboxylic acids is 1. The molecule has 0 saturated carbocycles. The van der Waals surface area contributed by atoms with Crippen molar-refractivity contribution in [3.8, 4) is 16.1 Å². The van der Waals surface area contributed by atoms with E-state index in [0.29, 0.717) is 10.4 Å². The molecule has 0 spiro atoms. The molecule has 0 N–H and O–H groups in total. The zero-order chi connectivity index (χ0) is 22.7. The second kappa shape index (κ2) is 9.28. The number of hydrogen-bond donors (Lipinski definition) is 0. The third-order valence-corrected chi connectivity index (χ3v) is 6.22. The molecule has 4 nitrogen and oxygen atoms in total. The fourth-order valence-electron chi connectivity index (χ4n) is 3.59. The number of rotatable bonds is 4. The van der Waals surface area contributed by atoms with Crippen molar-refractivity contribution in [1.82, 2.24) is 4.57 Å². The van der Waals surface area contributed by atoms with E-state index in [2.05, 4.69) is 18.8 Å². The first-order valence-corrected chi connectivity index (χ1v) is 11.3. The van der Waals surface area contributed by atoms with Gasteiger partial charge in [-0.15, -0.1) is 0 Å². The predicted octanol–water partition coefficient (Wildman–Crippen LogP) is 5.74. The van der Waals surface area contributed by atoms with E-state index in [1.54, 1.807) is 16.7 Å². The van der Waals surface area contributed by atoms with Crippen LogP contribution >= 0.6 is 11.3 Å². The molecule has 0 saturated heterocycles. The molecular weight excluding hydrogens is 416 g/mol. The Bertz CT molecular complexity index is 1400. The topological polar surface area (TPSA) is 51.4 Å². The summed E-state index contributed by atoms with van der Waals surface area (Å²) >= 11 is 1.33. The van der Waals surface area contributed by atoms with Crippen LogP contribution in [0.4, 0.5) is 0 Å². The maximum absolute atomic E-state index is 13.4. The van der Waals surface area contributed by atoms with Crippen molar-refractivity contribution in [2.45, 2.75) is 26.7 Å². The molecular formula is C27H24N2O2S. The van der Waals surface area contributed by atoms with Gasteiger partial charge in [0, 0.05) is 16.5 Å². The summed E-state index contributed by atoms with van der Waals surface area (Å²) in [5, 5.41) is 0. The number of nitrogens with zero attached hydrogens (tertiary/aromatic N) is 2. The standard InChI is InChI=1S/C27H24N2O2S/c1-18(2)22-14-7-8-15-23(22)29-25(30)17-24(20-11-5-4-6-12-20)32-27(29)28-26(31)21-13-9-10-19(3)16-21/h4-18H,1-3H3/b28-27-. The van der Waals surface area contributed by atoms with Gasteiger partial charge in [0.25, 0.3) is 11.5 Å². The van der Waals surface area contributed by atoms with Crippen molar-refractivity contribution in [2.24, 2.45) is 4.99 Å². The van der Waals surface area contributed by atoms with Gasteiger partial charge in [0.1, 0.15) is 0 Å². The van der Waals surface area contributed by atoms with Crippen molar-refractivity contribution in [3.05, 3.63) is 117 Å². The van der Waals surface area contributed by atoms with Gasteiger partial charge in [-0.1, -0.05) is 91.4 Å². The largest absolute Gasteiger partial charge is 0.279 e. The first-order chi connectivity index (χ1) is 15.4. The summed E-state index contributed by atoms with van der Waals surface area (Å²) in [5.74, 6) is -0.164. The highest BCUT2D eigenvalue weighted by Crippen LogP contribution is 2.23. The van der Waals surface area contributed by atoms with Crippen molar-refractivity contribution >= 4 is 17.2 Å². The van der Waals surface area contributed by atoms with Gasteiger partial charge in [-0.2, -0.15) is 4.99 Å². The Morgan fingerprint density at radius 3 is 2.34 bits per heavy atom. The molecule has 1 heterocycles. The first kappa shape index (κ1) is 21.7. The van der Waals surface area contributed by atoms with Gasteiger partial charge in [-0.05, 0) is 42.2 Å². The van der Waals surface area contributed by atoms with Crippen LogP contribution in [-0.4, -0.2) is 10.5 Å². The van der Waals surface area contributed by atoms with Crippen LogP contribution in [-0.2, 0) is 0 Å². The van der Waals surface area contributed by atoms with E-state index in [1.165, 1.54) is 11.3 Å². The normalized spacial score (nSPS) is 11.7. The van der Waals surface area contributed by atoms with E-state index in [-0.39, 0.29) is 17.4 Å². The zero-order valence-corrected chi connectivity index (χ0v) is 19.1. The van der Waals surface area contributed by atoms with Gasteiger partial charge in [-0.3, -0.25) is 14.2 Å². The molecule has 160 valence electrons. The lowest BCUT2D eigenvalue weighted by Gasteiger charge is -2.15. The van der Waals surface area contributed by atoms with Gasteiger partial charge in [0.05, 0.1) is 5.69 Å². The third-order valence-electron chi connectivity index (χ3n) is 5.19. The zero-order valence-electron chi connectivity index (χ0n) is 18.3. The van der Waals surface area contributed by atoms with Crippen LogP contribution < -0.4 is 10.4 Å². The van der Waals surface area contributed by atoms with Gasteiger partial charge >= 0.3 is 0 Å². The lowest BCUT2D eigenvalue weighted by atomic mass is 10.0. The molecule has 0 unspecified atom stereocenters. The molecule has 0 radical (unpaired) electrons. The summed E-state index contributed by atoms with van der Waals surface area (Å²) in [6, 6.07) is 26.4. The predicted molar refractivity (Wildman–Crippen MR) is 131 cm³/mol. The molecule has 0 aliphatic carbocycles. The fraction of sp³-hybridized carbons (Fsp3) is 0.148. The average Bonchev–Trinajstić information content (AvgIpc) is 2.79. The molecule has 0 bridgehead atoms. The number of amides is 1. The first-order valence-electron chi connectivity index (χ1n) is 10.5. The van der Waals surface area contributed by atoms with Crippen LogP contribution in [0.2, 0.25) is 0 Å². The molecule has 0 fully saturated rings. The Labute approximate surface area is 191 Å². The highest BCUT2D eigenvalue weighted by atomic mass is 32.1. The molecule has 0 atom stereocenters. The highest BCUT2D eigenvalue weighted by molar-refractivity contribution is 7.12. The number of carbonyl (C=O) groups is 1. The summed E-state index contributed by atoms with van der Waals surface area (Å²) in [6.45, 7) is 6.10. The van der Waals surface area contributed by atoms with E-state index in [4.69, 9.17) is 0 Å². The minimum Gasteiger partial charge on any atom is -0.269 e. The lowest BCUT2D eigenvalue weighted by molar-refractivity contribution is 0.0998. The minimum atomic E-state index is -0.370. The smallest absolute Gasteiger partial charge is 0.269 e. The minimum absolute atomic E-state index is 0.206. The number of para-hydroxylation sites is 1. The Kier molecular flexibility index (Phi) is 6.28. The molecule has 0 aliphatic rings. The molecule has 3 aromatic carbocycles. The molecule has 0 aliphatic heterocycles. The quantitative estimate of drug-likeness (QED) is 0.406. The van der Waals surface area contributed by atoms with Crippen molar-refractivity contribution in [3.63, 3.8) is 0 Å². The maximum atomic E-state index is 13.4. The van der Waals surface area contributed by atoms with Gasteiger partial charge in [0.2, 0.25) is 4.80 Å².